The summed E-state index contributed by atoms with van der Waals surface area (Å²) in [4.78, 5) is 24.8. The fourth-order valence-corrected chi connectivity index (χ4v) is 3.60. The van der Waals surface area contributed by atoms with Crippen molar-refractivity contribution < 1.29 is 4.79 Å². The zero-order valence-electron chi connectivity index (χ0n) is 15.8. The summed E-state index contributed by atoms with van der Waals surface area (Å²) < 4.78 is 0. The van der Waals surface area contributed by atoms with Gasteiger partial charge in [-0.05, 0) is 50.2 Å². The van der Waals surface area contributed by atoms with Crippen LogP contribution in [0.5, 0.6) is 0 Å². The Labute approximate surface area is 159 Å². The summed E-state index contributed by atoms with van der Waals surface area (Å²) in [6, 6.07) is 14.2. The van der Waals surface area contributed by atoms with Crippen LogP contribution >= 0.6 is 0 Å². The number of piperazine rings is 1. The Bertz CT molecular complexity index is 923. The van der Waals surface area contributed by atoms with E-state index in [9.17, 15) is 4.79 Å². The zero-order valence-corrected chi connectivity index (χ0v) is 15.8. The third-order valence-electron chi connectivity index (χ3n) is 5.23. The number of hydrogen-bond donors (Lipinski definition) is 2. The summed E-state index contributed by atoms with van der Waals surface area (Å²) >= 11 is 0. The standard InChI is InChI=1S/C21H25N5O/c1-15(2)25-10-12-26(13-11-25)17-8-6-16(7-9-17)24-21(27)18-4-3-5-19-20(18)23-14-22-19/h3-9,14-15H,10-13H2,1-2H3,(H,22,23)(H,24,27). The first-order valence-electron chi connectivity index (χ1n) is 9.44. The summed E-state index contributed by atoms with van der Waals surface area (Å²) in [5.74, 6) is -0.147. The maximum Gasteiger partial charge on any atom is 0.257 e. The van der Waals surface area contributed by atoms with E-state index in [1.54, 1.807) is 12.4 Å². The number of para-hydroxylation sites is 1. The Hall–Kier alpha value is -2.86. The average Bonchev–Trinajstić information content (AvgIpc) is 3.17. The van der Waals surface area contributed by atoms with Gasteiger partial charge in [-0.3, -0.25) is 9.69 Å². The lowest BCUT2D eigenvalue weighted by atomic mass is 10.1. The number of rotatable bonds is 4. The molecule has 1 saturated heterocycles. The van der Waals surface area contributed by atoms with E-state index < -0.39 is 0 Å². The van der Waals surface area contributed by atoms with Crippen LogP contribution in [0.4, 0.5) is 11.4 Å². The molecule has 2 heterocycles. The largest absolute Gasteiger partial charge is 0.369 e. The molecule has 3 aromatic rings. The van der Waals surface area contributed by atoms with Crippen LogP contribution in [0.2, 0.25) is 0 Å². The molecule has 1 fully saturated rings. The molecule has 0 unspecified atom stereocenters. The van der Waals surface area contributed by atoms with Crippen molar-refractivity contribution >= 4 is 28.3 Å². The maximum absolute atomic E-state index is 12.6. The van der Waals surface area contributed by atoms with E-state index in [0.717, 1.165) is 37.4 Å². The number of amides is 1. The Morgan fingerprint density at radius 3 is 2.52 bits per heavy atom. The van der Waals surface area contributed by atoms with Crippen LogP contribution in [0.25, 0.3) is 11.0 Å². The van der Waals surface area contributed by atoms with Crippen LogP contribution in [0, 0.1) is 0 Å². The Morgan fingerprint density at radius 1 is 1.07 bits per heavy atom. The highest BCUT2D eigenvalue weighted by Gasteiger charge is 2.19. The van der Waals surface area contributed by atoms with Gasteiger partial charge in [0.15, 0.2) is 0 Å². The molecule has 27 heavy (non-hydrogen) atoms. The lowest BCUT2D eigenvalue weighted by Crippen LogP contribution is -2.48. The van der Waals surface area contributed by atoms with E-state index in [0.29, 0.717) is 17.1 Å². The first-order chi connectivity index (χ1) is 13.1. The molecule has 6 heteroatoms. The molecule has 0 atom stereocenters. The molecule has 4 rings (SSSR count). The zero-order chi connectivity index (χ0) is 18.8. The summed E-state index contributed by atoms with van der Waals surface area (Å²) in [7, 11) is 0. The number of carbonyl (C=O) groups excluding carboxylic acids is 1. The molecular weight excluding hydrogens is 338 g/mol. The molecule has 0 aliphatic carbocycles. The molecule has 1 aliphatic heterocycles. The Balaban J connectivity index is 1.42. The number of H-pyrrole nitrogens is 1. The van der Waals surface area contributed by atoms with Gasteiger partial charge in [-0.1, -0.05) is 6.07 Å². The van der Waals surface area contributed by atoms with Crippen molar-refractivity contribution in [3.63, 3.8) is 0 Å². The molecule has 1 aromatic heterocycles. The molecule has 0 spiro atoms. The van der Waals surface area contributed by atoms with E-state index in [1.165, 1.54) is 5.69 Å². The number of anilines is 2. The highest BCUT2D eigenvalue weighted by Crippen LogP contribution is 2.21. The maximum atomic E-state index is 12.6. The van der Waals surface area contributed by atoms with Crippen molar-refractivity contribution in [3.8, 4) is 0 Å². The molecule has 2 aromatic carbocycles. The summed E-state index contributed by atoms with van der Waals surface area (Å²) in [5, 5.41) is 2.97. The number of fused-ring (bicyclic) bond motifs is 1. The van der Waals surface area contributed by atoms with E-state index in [4.69, 9.17) is 0 Å². The van der Waals surface area contributed by atoms with Gasteiger partial charge in [-0.25, -0.2) is 4.98 Å². The highest BCUT2D eigenvalue weighted by atomic mass is 16.1. The number of carbonyl (C=O) groups is 1. The Morgan fingerprint density at radius 2 is 1.81 bits per heavy atom. The first kappa shape index (κ1) is 17.5. The normalized spacial score (nSPS) is 15.4. The summed E-state index contributed by atoms with van der Waals surface area (Å²) in [5.41, 5.74) is 4.11. The fourth-order valence-electron chi connectivity index (χ4n) is 3.60. The number of benzene rings is 2. The lowest BCUT2D eigenvalue weighted by molar-refractivity contribution is 0.102. The highest BCUT2D eigenvalue weighted by molar-refractivity contribution is 6.11. The average molecular weight is 363 g/mol. The van der Waals surface area contributed by atoms with Gasteiger partial charge in [0.2, 0.25) is 0 Å². The summed E-state index contributed by atoms with van der Waals surface area (Å²) in [6.07, 6.45) is 1.61. The van der Waals surface area contributed by atoms with Gasteiger partial charge >= 0.3 is 0 Å². The quantitative estimate of drug-likeness (QED) is 0.746. The van der Waals surface area contributed by atoms with Crippen LogP contribution < -0.4 is 10.2 Å². The molecule has 1 amide bonds. The second kappa shape index (κ2) is 7.40. The van der Waals surface area contributed by atoms with Gasteiger partial charge in [0.05, 0.1) is 17.4 Å². The lowest BCUT2D eigenvalue weighted by Gasteiger charge is -2.38. The minimum absolute atomic E-state index is 0.147. The van der Waals surface area contributed by atoms with Crippen molar-refractivity contribution in [2.75, 3.05) is 36.4 Å². The number of nitrogens with one attached hydrogen (secondary N) is 2. The predicted molar refractivity (Wildman–Crippen MR) is 109 cm³/mol. The van der Waals surface area contributed by atoms with Crippen LogP contribution in [-0.2, 0) is 0 Å². The van der Waals surface area contributed by atoms with E-state index in [1.807, 2.05) is 24.3 Å². The van der Waals surface area contributed by atoms with Crippen LogP contribution in [0.1, 0.15) is 24.2 Å². The molecule has 140 valence electrons. The molecule has 1 aliphatic rings. The molecule has 6 nitrogen and oxygen atoms in total. The van der Waals surface area contributed by atoms with E-state index in [-0.39, 0.29) is 5.91 Å². The second-order valence-corrected chi connectivity index (χ2v) is 7.22. The van der Waals surface area contributed by atoms with Crippen molar-refractivity contribution in [2.45, 2.75) is 19.9 Å². The molecule has 2 N–H and O–H groups in total. The minimum atomic E-state index is -0.147. The van der Waals surface area contributed by atoms with Crippen LogP contribution in [-0.4, -0.2) is 53.0 Å². The van der Waals surface area contributed by atoms with Gasteiger partial charge in [0.1, 0.15) is 5.52 Å². The third-order valence-corrected chi connectivity index (χ3v) is 5.23. The number of hydrogen-bond acceptors (Lipinski definition) is 4. The Kier molecular flexibility index (Phi) is 4.81. The number of imidazole rings is 1. The molecular formula is C21H25N5O. The molecule has 0 saturated carbocycles. The van der Waals surface area contributed by atoms with Crippen LogP contribution in [0.3, 0.4) is 0 Å². The van der Waals surface area contributed by atoms with Gasteiger partial charge in [0.25, 0.3) is 5.91 Å². The fraction of sp³-hybridized carbons (Fsp3) is 0.333. The van der Waals surface area contributed by atoms with Crippen LogP contribution in [0.15, 0.2) is 48.8 Å². The third kappa shape index (κ3) is 3.66. The predicted octanol–water partition coefficient (Wildman–Crippen LogP) is 3.35. The topological polar surface area (TPSA) is 64.3 Å². The van der Waals surface area contributed by atoms with Gasteiger partial charge < -0.3 is 15.2 Å². The molecule has 0 bridgehead atoms. The number of aromatic nitrogens is 2. The number of aromatic amines is 1. The van der Waals surface area contributed by atoms with Gasteiger partial charge in [-0.2, -0.15) is 0 Å². The summed E-state index contributed by atoms with van der Waals surface area (Å²) in [6.45, 7) is 8.73. The van der Waals surface area contributed by atoms with Gasteiger partial charge in [0, 0.05) is 43.6 Å². The van der Waals surface area contributed by atoms with Crippen molar-refractivity contribution in [3.05, 3.63) is 54.4 Å². The van der Waals surface area contributed by atoms with Crippen molar-refractivity contribution in [1.29, 1.82) is 0 Å². The SMILES string of the molecule is CC(C)N1CCN(c2ccc(NC(=O)c3cccc4[nH]cnc34)cc2)CC1. The minimum Gasteiger partial charge on any atom is -0.369 e. The first-order valence-corrected chi connectivity index (χ1v) is 9.44. The second-order valence-electron chi connectivity index (χ2n) is 7.22. The monoisotopic (exact) mass is 363 g/mol. The van der Waals surface area contributed by atoms with E-state index in [2.05, 4.69) is 51.1 Å². The molecule has 0 radical (unpaired) electrons. The smallest absolute Gasteiger partial charge is 0.257 e. The van der Waals surface area contributed by atoms with E-state index >= 15 is 0 Å². The van der Waals surface area contributed by atoms with Gasteiger partial charge in [-0.15, -0.1) is 0 Å². The number of nitrogens with zero attached hydrogens (tertiary/aromatic N) is 3. The van der Waals surface area contributed by atoms with Crippen molar-refractivity contribution in [1.82, 2.24) is 14.9 Å². The van der Waals surface area contributed by atoms with Crippen molar-refractivity contribution in [2.24, 2.45) is 0 Å².